The summed E-state index contributed by atoms with van der Waals surface area (Å²) in [6.07, 6.45) is 5.44. The van der Waals surface area contributed by atoms with Crippen molar-refractivity contribution in [3.05, 3.63) is 30.1 Å². The number of likely N-dealkylation sites (tertiary alicyclic amines) is 1. The Hall–Kier alpha value is -1.95. The highest BCUT2D eigenvalue weighted by Crippen LogP contribution is 2.14. The standard InChI is InChI=1S/C22H35N7O2.HI/c1-3-24-22(26-10-9-25-20(30)19-7-6-8-23-17-19)29-15-13-27(14-16-29)18(2)21(31)28-11-4-5-12-28;/h6-8,17-18H,3-5,9-16H2,1-2H3,(H,24,26)(H,25,30);1H. The van der Waals surface area contributed by atoms with Crippen molar-refractivity contribution >= 4 is 41.8 Å². The van der Waals surface area contributed by atoms with E-state index in [0.29, 0.717) is 18.7 Å². The molecule has 2 saturated heterocycles. The number of halogens is 1. The zero-order chi connectivity index (χ0) is 22.1. The Morgan fingerprint density at radius 2 is 1.81 bits per heavy atom. The van der Waals surface area contributed by atoms with Crippen molar-refractivity contribution in [2.45, 2.75) is 32.7 Å². The van der Waals surface area contributed by atoms with Crippen LogP contribution in [0.2, 0.25) is 0 Å². The van der Waals surface area contributed by atoms with Crippen molar-refractivity contribution in [2.24, 2.45) is 4.99 Å². The highest BCUT2D eigenvalue weighted by molar-refractivity contribution is 14.0. The van der Waals surface area contributed by atoms with Gasteiger partial charge in [0.2, 0.25) is 5.91 Å². The van der Waals surface area contributed by atoms with Gasteiger partial charge in [0.1, 0.15) is 0 Å². The van der Waals surface area contributed by atoms with Gasteiger partial charge in [-0.2, -0.15) is 0 Å². The third-order valence-electron chi connectivity index (χ3n) is 5.85. The predicted molar refractivity (Wildman–Crippen MR) is 136 cm³/mol. The lowest BCUT2D eigenvalue weighted by atomic mass is 10.2. The number of pyridine rings is 1. The molecule has 0 aliphatic carbocycles. The lowest BCUT2D eigenvalue weighted by molar-refractivity contribution is -0.135. The molecule has 2 fully saturated rings. The van der Waals surface area contributed by atoms with E-state index in [0.717, 1.165) is 64.6 Å². The summed E-state index contributed by atoms with van der Waals surface area (Å²) in [5, 5.41) is 6.22. The lowest BCUT2D eigenvalue weighted by Gasteiger charge is -2.39. The Labute approximate surface area is 208 Å². The van der Waals surface area contributed by atoms with E-state index in [1.165, 1.54) is 0 Å². The van der Waals surface area contributed by atoms with Crippen LogP contribution in [0.15, 0.2) is 29.5 Å². The first-order valence-corrected chi connectivity index (χ1v) is 11.3. The molecule has 0 radical (unpaired) electrons. The number of nitrogens with zero attached hydrogens (tertiary/aromatic N) is 5. The average molecular weight is 557 g/mol. The molecule has 0 aromatic carbocycles. The van der Waals surface area contributed by atoms with Crippen LogP contribution in [0.3, 0.4) is 0 Å². The molecule has 3 rings (SSSR count). The molecule has 2 aliphatic rings. The molecule has 0 spiro atoms. The van der Waals surface area contributed by atoms with Gasteiger partial charge < -0.3 is 20.4 Å². The van der Waals surface area contributed by atoms with Gasteiger partial charge in [-0.05, 0) is 38.8 Å². The molecule has 1 unspecified atom stereocenters. The van der Waals surface area contributed by atoms with Crippen LogP contribution < -0.4 is 10.6 Å². The smallest absolute Gasteiger partial charge is 0.252 e. The fourth-order valence-corrected chi connectivity index (χ4v) is 4.04. The number of carbonyl (C=O) groups excluding carboxylic acids is 2. The van der Waals surface area contributed by atoms with Crippen LogP contribution in [0.1, 0.15) is 37.0 Å². The molecule has 1 aromatic heterocycles. The van der Waals surface area contributed by atoms with Crippen LogP contribution in [0.4, 0.5) is 0 Å². The highest BCUT2D eigenvalue weighted by Gasteiger charge is 2.30. The van der Waals surface area contributed by atoms with Crippen molar-refractivity contribution in [3.8, 4) is 0 Å². The van der Waals surface area contributed by atoms with Crippen molar-refractivity contribution < 1.29 is 9.59 Å². The second-order valence-corrected chi connectivity index (χ2v) is 7.96. The Kier molecular flexibility index (Phi) is 11.1. The third-order valence-corrected chi connectivity index (χ3v) is 5.85. The molecule has 2 amide bonds. The molecule has 0 saturated carbocycles. The molecule has 178 valence electrons. The minimum absolute atomic E-state index is 0. The van der Waals surface area contributed by atoms with E-state index in [2.05, 4.69) is 30.4 Å². The molecule has 0 bridgehead atoms. The van der Waals surface area contributed by atoms with Crippen molar-refractivity contribution in [1.82, 2.24) is 30.3 Å². The normalized spacial score (nSPS) is 18.1. The molecule has 2 N–H and O–H groups in total. The zero-order valence-electron chi connectivity index (χ0n) is 19.1. The van der Waals surface area contributed by atoms with Gasteiger partial charge in [0.25, 0.3) is 5.91 Å². The van der Waals surface area contributed by atoms with Crippen LogP contribution >= 0.6 is 24.0 Å². The van der Waals surface area contributed by atoms with E-state index in [1.807, 2.05) is 18.7 Å². The van der Waals surface area contributed by atoms with E-state index in [9.17, 15) is 9.59 Å². The monoisotopic (exact) mass is 557 g/mol. The first kappa shape index (κ1) is 26.3. The summed E-state index contributed by atoms with van der Waals surface area (Å²) < 4.78 is 0. The number of aromatic nitrogens is 1. The molecule has 2 aliphatic heterocycles. The van der Waals surface area contributed by atoms with Crippen molar-refractivity contribution in [3.63, 3.8) is 0 Å². The topological polar surface area (TPSA) is 93.2 Å². The first-order valence-electron chi connectivity index (χ1n) is 11.3. The zero-order valence-corrected chi connectivity index (χ0v) is 21.5. The molecular weight excluding hydrogens is 521 g/mol. The van der Waals surface area contributed by atoms with Gasteiger partial charge in [0, 0.05) is 64.8 Å². The highest BCUT2D eigenvalue weighted by atomic mass is 127. The summed E-state index contributed by atoms with van der Waals surface area (Å²) >= 11 is 0. The Bertz CT molecular complexity index is 748. The van der Waals surface area contributed by atoms with Gasteiger partial charge in [0.15, 0.2) is 5.96 Å². The number of nitrogens with one attached hydrogen (secondary N) is 2. The number of amides is 2. The molecule has 1 atom stereocenters. The van der Waals surface area contributed by atoms with E-state index >= 15 is 0 Å². The fourth-order valence-electron chi connectivity index (χ4n) is 4.04. The van der Waals surface area contributed by atoms with E-state index in [1.54, 1.807) is 24.5 Å². The number of carbonyl (C=O) groups is 2. The molecule has 3 heterocycles. The van der Waals surface area contributed by atoms with E-state index in [4.69, 9.17) is 0 Å². The van der Waals surface area contributed by atoms with Crippen LogP contribution in [-0.2, 0) is 4.79 Å². The average Bonchev–Trinajstić information content (AvgIpc) is 3.36. The van der Waals surface area contributed by atoms with Gasteiger partial charge in [0.05, 0.1) is 18.2 Å². The second kappa shape index (κ2) is 13.6. The molecule has 32 heavy (non-hydrogen) atoms. The molecule has 9 nitrogen and oxygen atoms in total. The SMILES string of the molecule is CCNC(=NCCNC(=O)c1cccnc1)N1CCN(C(C)C(=O)N2CCCC2)CC1.I. The number of hydrogen-bond acceptors (Lipinski definition) is 5. The number of hydrogen-bond donors (Lipinski definition) is 2. The lowest BCUT2D eigenvalue weighted by Crippen LogP contribution is -2.57. The molecule has 10 heteroatoms. The predicted octanol–water partition coefficient (Wildman–Crippen LogP) is 1.02. The van der Waals surface area contributed by atoms with E-state index < -0.39 is 0 Å². The maximum atomic E-state index is 12.7. The van der Waals surface area contributed by atoms with E-state index in [-0.39, 0.29) is 41.8 Å². The quantitative estimate of drug-likeness (QED) is 0.225. The first-order chi connectivity index (χ1) is 15.1. The van der Waals surface area contributed by atoms with Gasteiger partial charge in [-0.25, -0.2) is 0 Å². The van der Waals surface area contributed by atoms with Crippen molar-refractivity contribution in [1.29, 1.82) is 0 Å². The minimum Gasteiger partial charge on any atom is -0.357 e. The number of aliphatic imine (C=N–C) groups is 1. The summed E-state index contributed by atoms with van der Waals surface area (Å²) in [6, 6.07) is 3.42. The van der Waals surface area contributed by atoms with Crippen LogP contribution in [0.25, 0.3) is 0 Å². The molecule has 1 aromatic rings. The van der Waals surface area contributed by atoms with Gasteiger partial charge >= 0.3 is 0 Å². The van der Waals surface area contributed by atoms with Gasteiger partial charge in [-0.3, -0.25) is 24.5 Å². The summed E-state index contributed by atoms with van der Waals surface area (Å²) in [4.78, 5) is 39.9. The fraction of sp³-hybridized carbons (Fsp3) is 0.636. The Balaban J connectivity index is 0.00000363. The van der Waals surface area contributed by atoms with Crippen molar-refractivity contribution in [2.75, 3.05) is 58.9 Å². The third kappa shape index (κ3) is 7.29. The van der Waals surface area contributed by atoms with Gasteiger partial charge in [-0.15, -0.1) is 24.0 Å². The minimum atomic E-state index is -0.140. The Morgan fingerprint density at radius 3 is 2.44 bits per heavy atom. The molecular formula is C22H36IN7O2. The van der Waals surface area contributed by atoms with Gasteiger partial charge in [-0.1, -0.05) is 0 Å². The summed E-state index contributed by atoms with van der Waals surface area (Å²) in [5.74, 6) is 0.978. The second-order valence-electron chi connectivity index (χ2n) is 7.96. The van der Waals surface area contributed by atoms with Crippen LogP contribution in [0, 0.1) is 0 Å². The number of piperazine rings is 1. The Morgan fingerprint density at radius 1 is 1.09 bits per heavy atom. The van der Waals surface area contributed by atoms with Crippen LogP contribution in [0.5, 0.6) is 0 Å². The maximum absolute atomic E-state index is 12.7. The largest absolute Gasteiger partial charge is 0.357 e. The number of guanidine groups is 1. The van der Waals surface area contributed by atoms with Crippen LogP contribution in [-0.4, -0.2) is 102 Å². The summed E-state index contributed by atoms with van der Waals surface area (Å²) in [7, 11) is 0. The number of rotatable bonds is 7. The summed E-state index contributed by atoms with van der Waals surface area (Å²) in [5.41, 5.74) is 0.548. The maximum Gasteiger partial charge on any atom is 0.252 e. The summed E-state index contributed by atoms with van der Waals surface area (Å²) in [6.45, 7) is 10.9.